The van der Waals surface area contributed by atoms with Crippen molar-refractivity contribution in [1.29, 1.82) is 0 Å². The summed E-state index contributed by atoms with van der Waals surface area (Å²) in [4.78, 5) is 19.5. The number of aromatic amines is 1. The molecule has 1 N–H and O–H groups in total. The van der Waals surface area contributed by atoms with Crippen LogP contribution in [0.4, 0.5) is 4.39 Å². The first-order valence-corrected chi connectivity index (χ1v) is 10.6. The second-order valence-corrected chi connectivity index (χ2v) is 8.22. The smallest absolute Gasteiger partial charge is 0.253 e. The van der Waals surface area contributed by atoms with Crippen LogP contribution in [0.1, 0.15) is 39.9 Å². The van der Waals surface area contributed by atoms with Crippen molar-refractivity contribution in [3.05, 3.63) is 77.1 Å². The average molecular weight is 433 g/mol. The number of nitrogens with one attached hydrogen (secondary N) is 1. The fourth-order valence-corrected chi connectivity index (χ4v) is 4.18. The first-order valence-electron chi connectivity index (χ1n) is 10.6. The van der Waals surface area contributed by atoms with Crippen LogP contribution in [-0.4, -0.2) is 43.6 Å². The van der Waals surface area contributed by atoms with Gasteiger partial charge in [-0.3, -0.25) is 9.89 Å². The summed E-state index contributed by atoms with van der Waals surface area (Å²) in [7, 11) is 1.97. The lowest BCUT2D eigenvalue weighted by Gasteiger charge is -2.16. The van der Waals surface area contributed by atoms with Crippen LogP contribution < -0.4 is 4.74 Å². The molecule has 0 unspecified atom stereocenters. The van der Waals surface area contributed by atoms with Gasteiger partial charge in [0.2, 0.25) is 0 Å². The lowest BCUT2D eigenvalue weighted by molar-refractivity contribution is 0.0791. The Bertz CT molecular complexity index is 1280. The molecule has 2 aromatic carbocycles. The zero-order valence-corrected chi connectivity index (χ0v) is 18.0. The maximum absolute atomic E-state index is 13.1. The molecule has 1 aliphatic rings. The van der Waals surface area contributed by atoms with Crippen LogP contribution in [0.5, 0.6) is 5.75 Å². The number of nitrogens with zero attached hydrogens (tertiary/aromatic N) is 4. The van der Waals surface area contributed by atoms with E-state index in [9.17, 15) is 9.18 Å². The van der Waals surface area contributed by atoms with Gasteiger partial charge in [-0.2, -0.15) is 5.10 Å². The third kappa shape index (κ3) is 3.84. The van der Waals surface area contributed by atoms with Gasteiger partial charge in [0, 0.05) is 31.6 Å². The van der Waals surface area contributed by atoms with E-state index in [0.29, 0.717) is 31.0 Å². The van der Waals surface area contributed by atoms with Gasteiger partial charge in [0.15, 0.2) is 0 Å². The van der Waals surface area contributed by atoms with Crippen molar-refractivity contribution < 1.29 is 13.9 Å². The predicted octanol–water partition coefficient (Wildman–Crippen LogP) is 3.95. The molecule has 5 rings (SSSR count). The van der Waals surface area contributed by atoms with Crippen molar-refractivity contribution in [1.82, 2.24) is 24.6 Å². The number of fused-ring (bicyclic) bond motifs is 1. The van der Waals surface area contributed by atoms with Gasteiger partial charge in [-0.05, 0) is 61.9 Å². The number of imidazole rings is 1. The number of carbonyl (C=O) groups is 1. The number of carbonyl (C=O) groups excluding carboxylic acids is 1. The molecule has 4 aromatic rings. The summed E-state index contributed by atoms with van der Waals surface area (Å²) in [6, 6.07) is 13.6. The van der Waals surface area contributed by atoms with E-state index in [1.54, 1.807) is 12.1 Å². The average Bonchev–Trinajstić information content (AvgIpc) is 3.52. The molecule has 164 valence electrons. The van der Waals surface area contributed by atoms with Crippen LogP contribution in [0.3, 0.4) is 0 Å². The summed E-state index contributed by atoms with van der Waals surface area (Å²) < 4.78 is 20.7. The van der Waals surface area contributed by atoms with Crippen molar-refractivity contribution in [2.45, 2.75) is 25.9 Å². The highest BCUT2D eigenvalue weighted by Crippen LogP contribution is 2.28. The largest absolute Gasteiger partial charge is 0.487 e. The molecule has 8 heteroatoms. The highest BCUT2D eigenvalue weighted by atomic mass is 19.1. The molecule has 1 fully saturated rings. The minimum atomic E-state index is -0.295. The van der Waals surface area contributed by atoms with Gasteiger partial charge in [-0.25, -0.2) is 9.37 Å². The molecule has 0 bridgehead atoms. The molecule has 0 aliphatic carbocycles. The number of hydrogen-bond donors (Lipinski definition) is 1. The number of hydrogen-bond acceptors (Lipinski definition) is 4. The Morgan fingerprint density at radius 2 is 2.03 bits per heavy atom. The van der Waals surface area contributed by atoms with Gasteiger partial charge in [-0.1, -0.05) is 0 Å². The number of aryl methyl sites for hydroxylation is 2. The Balaban J connectivity index is 1.22. The zero-order chi connectivity index (χ0) is 22.2. The van der Waals surface area contributed by atoms with Gasteiger partial charge in [0.25, 0.3) is 5.91 Å². The van der Waals surface area contributed by atoms with Crippen LogP contribution in [0.2, 0.25) is 0 Å². The van der Waals surface area contributed by atoms with Crippen molar-refractivity contribution in [3.8, 4) is 5.75 Å². The van der Waals surface area contributed by atoms with Crippen LogP contribution in [0, 0.1) is 12.7 Å². The normalized spacial score (nSPS) is 16.1. The summed E-state index contributed by atoms with van der Waals surface area (Å²) in [5.74, 6) is 1.42. The topological polar surface area (TPSA) is 76.0 Å². The Hall–Kier alpha value is -3.68. The van der Waals surface area contributed by atoms with E-state index in [1.807, 2.05) is 47.7 Å². The molecule has 1 amide bonds. The number of halogens is 1. The minimum absolute atomic E-state index is 0.0214. The van der Waals surface area contributed by atoms with Gasteiger partial charge < -0.3 is 14.2 Å². The summed E-state index contributed by atoms with van der Waals surface area (Å²) in [6.07, 6.45) is 0.861. The van der Waals surface area contributed by atoms with Crippen LogP contribution in [0.15, 0.2) is 48.5 Å². The zero-order valence-electron chi connectivity index (χ0n) is 18.0. The number of H-pyrrole nitrogens is 1. The molecular formula is C24H24FN5O2. The molecule has 1 saturated heterocycles. The third-order valence-electron chi connectivity index (χ3n) is 6.10. The Morgan fingerprint density at radius 1 is 1.22 bits per heavy atom. The number of rotatable bonds is 5. The Morgan fingerprint density at radius 3 is 2.84 bits per heavy atom. The number of aromatic nitrogens is 4. The maximum atomic E-state index is 13.1. The molecular weight excluding hydrogens is 409 g/mol. The van der Waals surface area contributed by atoms with Crippen molar-refractivity contribution in [3.63, 3.8) is 0 Å². The number of likely N-dealkylation sites (tertiary alicyclic amines) is 1. The standard InChI is InChI=1S/C24H24FN5O2/c1-15-26-22-11-16(3-8-23(22)29(15)2)24(31)30-10-9-17(13-30)21-12-19(27-28-21)14-32-20-6-4-18(25)5-7-20/h3-8,11-12,17H,9-10,13-14H2,1-2H3,(H,27,28)/t17-/m1/s1. The Labute approximate surface area is 184 Å². The fourth-order valence-electron chi connectivity index (χ4n) is 4.18. The van der Waals surface area contributed by atoms with Crippen LogP contribution in [0.25, 0.3) is 11.0 Å². The predicted molar refractivity (Wildman–Crippen MR) is 118 cm³/mol. The highest BCUT2D eigenvalue weighted by molar-refractivity contribution is 5.97. The molecule has 1 aliphatic heterocycles. The van der Waals surface area contributed by atoms with Crippen molar-refractivity contribution >= 4 is 16.9 Å². The van der Waals surface area contributed by atoms with Crippen molar-refractivity contribution in [2.75, 3.05) is 13.1 Å². The number of ether oxygens (including phenoxy) is 1. The first kappa shape index (κ1) is 20.2. The first-order chi connectivity index (χ1) is 15.5. The molecule has 3 heterocycles. The molecule has 1 atom stereocenters. The molecule has 2 aromatic heterocycles. The van der Waals surface area contributed by atoms with Gasteiger partial charge in [0.1, 0.15) is 24.0 Å². The van der Waals surface area contributed by atoms with E-state index in [-0.39, 0.29) is 17.6 Å². The second-order valence-electron chi connectivity index (χ2n) is 8.22. The summed E-state index contributed by atoms with van der Waals surface area (Å²) >= 11 is 0. The second kappa shape index (κ2) is 8.11. The Kier molecular flexibility index (Phi) is 5.13. The van der Waals surface area contributed by atoms with Gasteiger partial charge in [0.05, 0.1) is 22.4 Å². The summed E-state index contributed by atoms with van der Waals surface area (Å²) in [5.41, 5.74) is 4.28. The molecule has 32 heavy (non-hydrogen) atoms. The molecule has 0 spiro atoms. The number of benzene rings is 2. The SMILES string of the molecule is Cc1nc2cc(C(=O)N3CC[C@@H](c4cc(COc5ccc(F)cc5)[nH]n4)C3)ccc2n1C. The van der Waals surface area contributed by atoms with E-state index in [1.165, 1.54) is 12.1 Å². The van der Waals surface area contributed by atoms with Crippen LogP contribution in [-0.2, 0) is 13.7 Å². The van der Waals surface area contributed by atoms with E-state index in [4.69, 9.17) is 4.74 Å². The summed E-state index contributed by atoms with van der Waals surface area (Å²) in [6.45, 7) is 3.59. The lowest BCUT2D eigenvalue weighted by atomic mass is 10.1. The third-order valence-corrected chi connectivity index (χ3v) is 6.10. The highest BCUT2D eigenvalue weighted by Gasteiger charge is 2.29. The van der Waals surface area contributed by atoms with E-state index in [0.717, 1.165) is 34.7 Å². The van der Waals surface area contributed by atoms with E-state index >= 15 is 0 Å². The van der Waals surface area contributed by atoms with Gasteiger partial charge in [-0.15, -0.1) is 0 Å². The lowest BCUT2D eigenvalue weighted by Crippen LogP contribution is -2.28. The summed E-state index contributed by atoms with van der Waals surface area (Å²) in [5, 5.41) is 7.43. The van der Waals surface area contributed by atoms with Gasteiger partial charge >= 0.3 is 0 Å². The van der Waals surface area contributed by atoms with E-state index in [2.05, 4.69) is 15.2 Å². The molecule has 0 radical (unpaired) electrons. The minimum Gasteiger partial charge on any atom is -0.487 e. The quantitative estimate of drug-likeness (QED) is 0.517. The fraction of sp³-hybridized carbons (Fsp3) is 0.292. The van der Waals surface area contributed by atoms with Crippen molar-refractivity contribution in [2.24, 2.45) is 7.05 Å². The number of amides is 1. The maximum Gasteiger partial charge on any atom is 0.253 e. The molecule has 0 saturated carbocycles. The van der Waals surface area contributed by atoms with Crippen LogP contribution >= 0.6 is 0 Å². The molecule has 7 nitrogen and oxygen atoms in total. The monoisotopic (exact) mass is 433 g/mol. The van der Waals surface area contributed by atoms with E-state index < -0.39 is 0 Å².